The van der Waals surface area contributed by atoms with E-state index in [1.54, 1.807) is 0 Å². The number of carbonyl (C=O) groups is 4. The van der Waals surface area contributed by atoms with Crippen molar-refractivity contribution in [3.05, 3.63) is 72.9 Å². The summed E-state index contributed by atoms with van der Waals surface area (Å²) in [7, 11) is 0. The van der Waals surface area contributed by atoms with Crippen molar-refractivity contribution >= 4 is 23.9 Å². The quantitative estimate of drug-likeness (QED) is 0.0228. The third-order valence-electron chi connectivity index (χ3n) is 12.2. The minimum absolute atomic E-state index is 0.0439. The zero-order chi connectivity index (χ0) is 51.8. The van der Waals surface area contributed by atoms with Crippen LogP contribution in [0.3, 0.4) is 0 Å². The molecule has 0 aromatic rings. The summed E-state index contributed by atoms with van der Waals surface area (Å²) < 4.78 is 28.3. The van der Waals surface area contributed by atoms with Crippen molar-refractivity contribution in [1.29, 1.82) is 0 Å². The van der Waals surface area contributed by atoms with Gasteiger partial charge < -0.3 is 39.0 Å². The molecule has 3 N–H and O–H groups in total. The number of hydrogen-bond donors (Lipinski definition) is 3. The first-order valence-electron chi connectivity index (χ1n) is 27.9. The fourth-order valence-corrected chi connectivity index (χ4v) is 7.92. The lowest BCUT2D eigenvalue weighted by Crippen LogP contribution is -2.61. The lowest BCUT2D eigenvalue weighted by Gasteiger charge is -2.40. The molecule has 1 aliphatic rings. The highest BCUT2D eigenvalue weighted by Crippen LogP contribution is 2.26. The van der Waals surface area contributed by atoms with E-state index in [0.717, 1.165) is 116 Å². The topological polar surface area (TPSA) is 175 Å². The summed E-state index contributed by atoms with van der Waals surface area (Å²) in [6.07, 6.45) is 46.0. The second-order valence-corrected chi connectivity index (χ2v) is 18.8. The Bertz CT molecular complexity index is 1510. The molecule has 0 bridgehead atoms. The number of carboxylic acids is 1. The molecule has 1 rings (SSSR count). The zero-order valence-corrected chi connectivity index (χ0v) is 44.4. The molecule has 0 aromatic heterocycles. The van der Waals surface area contributed by atoms with Crippen LogP contribution in [0.4, 0.5) is 0 Å². The number of aliphatic hydroxyl groups excluding tert-OH is 2. The van der Waals surface area contributed by atoms with Crippen molar-refractivity contribution in [1.82, 2.24) is 0 Å². The van der Waals surface area contributed by atoms with Crippen molar-refractivity contribution in [3.8, 4) is 0 Å². The van der Waals surface area contributed by atoms with Crippen LogP contribution in [0.1, 0.15) is 226 Å². The van der Waals surface area contributed by atoms with Crippen LogP contribution in [0.2, 0.25) is 0 Å². The van der Waals surface area contributed by atoms with E-state index >= 15 is 0 Å². The Morgan fingerprint density at radius 2 is 0.901 bits per heavy atom. The van der Waals surface area contributed by atoms with E-state index in [1.165, 1.54) is 51.4 Å². The highest BCUT2D eigenvalue weighted by atomic mass is 16.7. The summed E-state index contributed by atoms with van der Waals surface area (Å²) in [6.45, 7) is 5.77. The van der Waals surface area contributed by atoms with Crippen molar-refractivity contribution < 1.29 is 58.2 Å². The summed E-state index contributed by atoms with van der Waals surface area (Å²) in [5.41, 5.74) is 0. The number of carboxylic acid groups (broad SMARTS) is 1. The van der Waals surface area contributed by atoms with E-state index in [9.17, 15) is 34.5 Å². The third-order valence-corrected chi connectivity index (χ3v) is 12.2. The van der Waals surface area contributed by atoms with Crippen LogP contribution in [0.15, 0.2) is 72.9 Å². The van der Waals surface area contributed by atoms with Crippen LogP contribution in [0.25, 0.3) is 0 Å². The van der Waals surface area contributed by atoms with Gasteiger partial charge in [0.15, 0.2) is 24.6 Å². The molecule has 0 aromatic carbocycles. The van der Waals surface area contributed by atoms with Crippen molar-refractivity contribution in [2.45, 2.75) is 263 Å². The summed E-state index contributed by atoms with van der Waals surface area (Å²) in [4.78, 5) is 50.9. The first-order valence-corrected chi connectivity index (χ1v) is 27.9. The predicted molar refractivity (Wildman–Crippen MR) is 285 cm³/mol. The second kappa shape index (κ2) is 47.2. The van der Waals surface area contributed by atoms with E-state index in [0.29, 0.717) is 19.3 Å². The van der Waals surface area contributed by atoms with Gasteiger partial charge in [-0.25, -0.2) is 4.79 Å². The number of allylic oxidation sites excluding steroid dienone is 12. The van der Waals surface area contributed by atoms with Gasteiger partial charge in [0.05, 0.1) is 6.61 Å². The highest BCUT2D eigenvalue weighted by molar-refractivity contribution is 5.74. The minimum Gasteiger partial charge on any atom is -0.479 e. The maximum absolute atomic E-state index is 13.1. The number of esters is 3. The first-order chi connectivity index (χ1) is 34.6. The third kappa shape index (κ3) is 37.6. The molecular weight excluding hydrogens is 901 g/mol. The maximum atomic E-state index is 13.1. The second-order valence-electron chi connectivity index (χ2n) is 18.8. The van der Waals surface area contributed by atoms with Gasteiger partial charge in [-0.1, -0.05) is 177 Å². The summed E-state index contributed by atoms with van der Waals surface area (Å²) in [5.74, 6) is -3.20. The molecule has 0 saturated carbocycles. The normalized spacial score (nSPS) is 19.0. The minimum atomic E-state index is -1.91. The van der Waals surface area contributed by atoms with Gasteiger partial charge in [-0.2, -0.15) is 0 Å². The Morgan fingerprint density at radius 1 is 0.479 bits per heavy atom. The number of aliphatic carboxylic acids is 1. The van der Waals surface area contributed by atoms with Gasteiger partial charge in [0.25, 0.3) is 0 Å². The van der Waals surface area contributed by atoms with E-state index < -0.39 is 67.3 Å². The van der Waals surface area contributed by atoms with Gasteiger partial charge >= 0.3 is 23.9 Å². The molecule has 0 radical (unpaired) electrons. The fraction of sp³-hybridized carbons (Fsp3) is 0.729. The monoisotopic (exact) mass is 999 g/mol. The maximum Gasteiger partial charge on any atom is 0.335 e. The van der Waals surface area contributed by atoms with Crippen LogP contribution in [0.5, 0.6) is 0 Å². The van der Waals surface area contributed by atoms with E-state index in [4.69, 9.17) is 23.7 Å². The van der Waals surface area contributed by atoms with Crippen molar-refractivity contribution in [3.63, 3.8) is 0 Å². The van der Waals surface area contributed by atoms with Gasteiger partial charge in [0.1, 0.15) is 18.8 Å². The van der Waals surface area contributed by atoms with Gasteiger partial charge in [0.2, 0.25) is 0 Å². The number of carbonyl (C=O) groups excluding carboxylic acids is 3. The van der Waals surface area contributed by atoms with Gasteiger partial charge in [0, 0.05) is 19.3 Å². The molecule has 71 heavy (non-hydrogen) atoms. The van der Waals surface area contributed by atoms with Gasteiger partial charge in [-0.05, 0) is 103 Å². The molecule has 12 nitrogen and oxygen atoms in total. The number of rotatable bonds is 46. The molecule has 1 aliphatic heterocycles. The first kappa shape index (κ1) is 65.2. The van der Waals surface area contributed by atoms with Crippen molar-refractivity contribution in [2.24, 2.45) is 0 Å². The smallest absolute Gasteiger partial charge is 0.335 e. The average molecular weight is 999 g/mol. The standard InChI is InChI=1S/C59H98O12/c1-4-7-10-13-16-19-22-24-26-28-31-33-36-39-42-45-51(60)67-48-50(69-52(61)46-43-40-37-34-30-21-18-15-12-9-6-3)49-68-59-57(55(64)54(63)56(71-59)58(65)66)70-53(62)47-44-41-38-35-32-29-27-25-23-20-17-14-11-8-5-2/h7,10,15-16,18-19,24-27,31,33,50,54-57,59,63-64H,4-6,8-9,11-14,17,20-23,28-30,32,34-49H2,1-3H3,(H,65,66)/b10-7-,18-15-,19-16-,26-24-,27-25-,33-31-. The van der Waals surface area contributed by atoms with Crippen LogP contribution < -0.4 is 0 Å². The van der Waals surface area contributed by atoms with E-state index in [1.807, 2.05) is 0 Å². The number of aliphatic hydroxyl groups is 2. The van der Waals surface area contributed by atoms with Crippen LogP contribution in [0, 0.1) is 0 Å². The predicted octanol–water partition coefficient (Wildman–Crippen LogP) is 13.8. The molecule has 12 heteroatoms. The van der Waals surface area contributed by atoms with Gasteiger partial charge in [-0.3, -0.25) is 14.4 Å². The molecule has 1 saturated heterocycles. The number of hydrogen-bond acceptors (Lipinski definition) is 11. The van der Waals surface area contributed by atoms with E-state index in [-0.39, 0.29) is 25.9 Å². The average Bonchev–Trinajstić information content (AvgIpc) is 3.35. The lowest BCUT2D eigenvalue weighted by molar-refractivity contribution is -0.301. The summed E-state index contributed by atoms with van der Waals surface area (Å²) >= 11 is 0. The molecule has 6 unspecified atom stereocenters. The number of ether oxygens (including phenoxy) is 5. The summed E-state index contributed by atoms with van der Waals surface area (Å²) in [6, 6.07) is 0. The SMILES string of the molecule is CC/C=C\C/C=C\C/C=C\C/C=C\CCCCC(=O)OCC(COC1OC(C(=O)O)C(O)C(O)C1OC(=O)CCCCCCC/C=C\CCCCCCCC)OC(=O)CCCCCCC/C=C\CCCC. The van der Waals surface area contributed by atoms with Gasteiger partial charge in [-0.15, -0.1) is 0 Å². The molecule has 0 amide bonds. The Morgan fingerprint density at radius 3 is 1.44 bits per heavy atom. The molecule has 0 aliphatic carbocycles. The molecule has 1 heterocycles. The zero-order valence-electron chi connectivity index (χ0n) is 44.4. The Balaban J connectivity index is 2.74. The van der Waals surface area contributed by atoms with Crippen LogP contribution >= 0.6 is 0 Å². The fourth-order valence-electron chi connectivity index (χ4n) is 7.92. The number of unbranched alkanes of at least 4 members (excludes halogenated alkanes) is 20. The molecule has 406 valence electrons. The molecular formula is C59H98O12. The Labute approximate surface area is 429 Å². The summed E-state index contributed by atoms with van der Waals surface area (Å²) in [5, 5.41) is 31.4. The van der Waals surface area contributed by atoms with Crippen LogP contribution in [-0.4, -0.2) is 89.2 Å². The largest absolute Gasteiger partial charge is 0.479 e. The highest BCUT2D eigenvalue weighted by Gasteiger charge is 2.50. The lowest BCUT2D eigenvalue weighted by atomic mass is 9.98. The molecule has 6 atom stereocenters. The van der Waals surface area contributed by atoms with Crippen molar-refractivity contribution in [2.75, 3.05) is 13.2 Å². The van der Waals surface area contributed by atoms with E-state index in [2.05, 4.69) is 93.7 Å². The van der Waals surface area contributed by atoms with Crippen LogP contribution in [-0.2, 0) is 42.9 Å². The Kier molecular flexibility index (Phi) is 43.3. The molecule has 1 fully saturated rings. The molecule has 0 spiro atoms. The Hall–Kier alpha value is -3.84.